The molecule has 2 saturated carbocycles. The summed E-state index contributed by atoms with van der Waals surface area (Å²) in [6.07, 6.45) is 3.51. The van der Waals surface area contributed by atoms with Crippen molar-refractivity contribution in [2.75, 3.05) is 0 Å². The highest BCUT2D eigenvalue weighted by Crippen LogP contribution is 2.75. The van der Waals surface area contributed by atoms with Gasteiger partial charge in [-0.25, -0.2) is 0 Å². The number of aliphatic hydroxyl groups is 1. The van der Waals surface area contributed by atoms with Gasteiger partial charge < -0.3 is 14.9 Å². The van der Waals surface area contributed by atoms with E-state index in [0.717, 1.165) is 41.7 Å². The monoisotopic (exact) mass is 342 g/mol. The molecule has 1 aliphatic heterocycles. The van der Waals surface area contributed by atoms with Crippen LogP contribution in [0.3, 0.4) is 0 Å². The van der Waals surface area contributed by atoms with Crippen molar-refractivity contribution in [3.05, 3.63) is 35.4 Å². The lowest BCUT2D eigenvalue weighted by Crippen LogP contribution is -2.60. The number of phenolic OH excluding ortho intramolecular Hbond substituents is 1. The second-order valence-electron chi connectivity index (χ2n) is 9.17. The highest BCUT2D eigenvalue weighted by atomic mass is 16.5. The van der Waals surface area contributed by atoms with Crippen molar-refractivity contribution >= 4 is 0 Å². The summed E-state index contributed by atoms with van der Waals surface area (Å²) in [5.41, 5.74) is 2.85. The number of rotatable bonds is 4. The first-order valence-electron chi connectivity index (χ1n) is 9.53. The van der Waals surface area contributed by atoms with Crippen LogP contribution in [0.15, 0.2) is 24.3 Å². The van der Waals surface area contributed by atoms with Crippen molar-refractivity contribution in [1.82, 2.24) is 0 Å². The van der Waals surface area contributed by atoms with E-state index in [1.54, 1.807) is 0 Å². The summed E-state index contributed by atoms with van der Waals surface area (Å²) in [7, 11) is 0. The first-order valence-corrected chi connectivity index (χ1v) is 9.53. The largest absolute Gasteiger partial charge is 0.508 e. The van der Waals surface area contributed by atoms with Gasteiger partial charge in [-0.3, -0.25) is 0 Å². The van der Waals surface area contributed by atoms with Gasteiger partial charge in [-0.2, -0.15) is 0 Å². The van der Waals surface area contributed by atoms with Crippen LogP contribution in [-0.2, 0) is 0 Å². The Balaban J connectivity index is 1.74. The number of hydrogen-bond donors (Lipinski definition) is 2. The average Bonchev–Trinajstić information content (AvgIpc) is 2.85. The molecular weight excluding hydrogens is 312 g/mol. The lowest BCUT2D eigenvalue weighted by Gasteiger charge is -2.63. The van der Waals surface area contributed by atoms with Crippen LogP contribution >= 0.6 is 0 Å². The van der Waals surface area contributed by atoms with Gasteiger partial charge in [0.25, 0.3) is 0 Å². The lowest BCUT2D eigenvalue weighted by atomic mass is 9.43. The molecule has 0 amide bonds. The summed E-state index contributed by atoms with van der Waals surface area (Å²) in [6, 6.07) is 3.93. The average molecular weight is 342 g/mol. The maximum Gasteiger partial charge on any atom is 0.127 e. The van der Waals surface area contributed by atoms with E-state index in [4.69, 9.17) is 4.74 Å². The van der Waals surface area contributed by atoms with E-state index < -0.39 is 6.10 Å². The Hall–Kier alpha value is -1.48. The van der Waals surface area contributed by atoms with E-state index in [1.807, 2.05) is 19.9 Å². The zero-order valence-corrected chi connectivity index (χ0v) is 15.8. The van der Waals surface area contributed by atoms with Crippen LogP contribution < -0.4 is 4.74 Å². The van der Waals surface area contributed by atoms with E-state index in [1.165, 1.54) is 6.42 Å². The summed E-state index contributed by atoms with van der Waals surface area (Å²) in [5, 5.41) is 20.9. The van der Waals surface area contributed by atoms with Gasteiger partial charge in [0.2, 0.25) is 0 Å². The number of aliphatic hydroxyl groups excluding tert-OH is 1. The summed E-state index contributed by atoms with van der Waals surface area (Å²) in [5.74, 6) is 2.63. The van der Waals surface area contributed by atoms with E-state index in [2.05, 4.69) is 26.5 Å². The van der Waals surface area contributed by atoms with Gasteiger partial charge >= 0.3 is 0 Å². The number of ether oxygens (including phenoxy) is 1. The third-order valence-electron chi connectivity index (χ3n) is 7.45. The Kier molecular flexibility index (Phi) is 3.57. The van der Waals surface area contributed by atoms with Crippen LogP contribution in [-0.4, -0.2) is 21.9 Å². The summed E-state index contributed by atoms with van der Waals surface area (Å²) < 4.78 is 6.44. The lowest BCUT2D eigenvalue weighted by molar-refractivity contribution is -0.136. The minimum absolute atomic E-state index is 0.101. The summed E-state index contributed by atoms with van der Waals surface area (Å²) in [4.78, 5) is 0. The number of benzene rings is 1. The fourth-order valence-corrected chi connectivity index (χ4v) is 6.12. The molecule has 1 aromatic rings. The number of phenols is 1. The molecule has 2 fully saturated rings. The van der Waals surface area contributed by atoms with Gasteiger partial charge in [-0.05, 0) is 75.5 Å². The third-order valence-corrected chi connectivity index (χ3v) is 7.45. The van der Waals surface area contributed by atoms with E-state index in [-0.39, 0.29) is 11.0 Å². The molecule has 4 rings (SSSR count). The molecule has 0 saturated heterocycles. The van der Waals surface area contributed by atoms with Crippen LogP contribution in [0, 0.1) is 24.2 Å². The molecule has 1 aromatic carbocycles. The first-order chi connectivity index (χ1) is 11.7. The van der Waals surface area contributed by atoms with Crippen LogP contribution in [0.1, 0.15) is 63.5 Å². The molecule has 1 heterocycles. The normalized spacial score (nSPS) is 39.0. The Morgan fingerprint density at radius 2 is 2.12 bits per heavy atom. The molecule has 3 heteroatoms. The Labute approximate surface area is 150 Å². The predicted molar refractivity (Wildman–Crippen MR) is 99.0 cm³/mol. The first kappa shape index (κ1) is 17.0. The molecule has 0 radical (unpaired) electrons. The van der Waals surface area contributed by atoms with Gasteiger partial charge in [0.15, 0.2) is 0 Å². The summed E-state index contributed by atoms with van der Waals surface area (Å²) in [6.45, 7) is 12.4. The van der Waals surface area contributed by atoms with Crippen LogP contribution in [0.25, 0.3) is 0 Å². The van der Waals surface area contributed by atoms with Crippen LogP contribution in [0.2, 0.25) is 0 Å². The van der Waals surface area contributed by atoms with Crippen LogP contribution in [0.4, 0.5) is 0 Å². The predicted octanol–water partition coefficient (Wildman–Crippen LogP) is 4.70. The SMILES string of the molecule is C=C(C)[C@@H](O)CC[C@@]1(C)[C@@H]2c3c(O)cc(C)cc3O[C@]3(C)CC[C@H]1[C@H]23. The summed E-state index contributed by atoms with van der Waals surface area (Å²) >= 11 is 0. The van der Waals surface area contributed by atoms with Gasteiger partial charge in [-0.15, -0.1) is 0 Å². The molecule has 3 nitrogen and oxygen atoms in total. The number of fused-ring (bicyclic) bond motifs is 2. The fourth-order valence-electron chi connectivity index (χ4n) is 6.12. The van der Waals surface area contributed by atoms with Gasteiger partial charge in [-0.1, -0.05) is 19.1 Å². The maximum atomic E-state index is 10.7. The number of hydrogen-bond acceptors (Lipinski definition) is 3. The Morgan fingerprint density at radius 3 is 2.80 bits per heavy atom. The highest BCUT2D eigenvalue weighted by molar-refractivity contribution is 5.54. The molecule has 3 aliphatic rings. The van der Waals surface area contributed by atoms with Gasteiger partial charge in [0, 0.05) is 17.4 Å². The van der Waals surface area contributed by atoms with Crippen molar-refractivity contribution in [3.63, 3.8) is 0 Å². The van der Waals surface area contributed by atoms with Crippen molar-refractivity contribution in [3.8, 4) is 11.5 Å². The van der Waals surface area contributed by atoms with Gasteiger partial charge in [0.1, 0.15) is 17.1 Å². The topological polar surface area (TPSA) is 49.7 Å². The Bertz CT molecular complexity index is 739. The minimum atomic E-state index is -0.436. The smallest absolute Gasteiger partial charge is 0.127 e. The maximum absolute atomic E-state index is 10.7. The number of aromatic hydroxyl groups is 1. The van der Waals surface area contributed by atoms with E-state index >= 15 is 0 Å². The van der Waals surface area contributed by atoms with Crippen molar-refractivity contribution in [2.24, 2.45) is 17.3 Å². The molecular formula is C22H30O3. The fraction of sp³-hybridized carbons (Fsp3) is 0.636. The molecule has 0 unspecified atom stereocenters. The Morgan fingerprint density at radius 1 is 1.40 bits per heavy atom. The van der Waals surface area contributed by atoms with Crippen molar-refractivity contribution < 1.29 is 14.9 Å². The molecule has 0 spiro atoms. The zero-order chi connectivity index (χ0) is 18.1. The molecule has 25 heavy (non-hydrogen) atoms. The zero-order valence-electron chi connectivity index (χ0n) is 15.8. The molecule has 0 aromatic heterocycles. The molecule has 2 aliphatic carbocycles. The molecule has 0 bridgehead atoms. The molecule has 2 N–H and O–H groups in total. The molecule has 136 valence electrons. The van der Waals surface area contributed by atoms with Crippen molar-refractivity contribution in [2.45, 2.75) is 71.0 Å². The van der Waals surface area contributed by atoms with E-state index in [0.29, 0.717) is 23.5 Å². The van der Waals surface area contributed by atoms with E-state index in [9.17, 15) is 10.2 Å². The second-order valence-corrected chi connectivity index (χ2v) is 9.17. The minimum Gasteiger partial charge on any atom is -0.508 e. The van der Waals surface area contributed by atoms with Gasteiger partial charge in [0.05, 0.1) is 6.10 Å². The second kappa shape index (κ2) is 5.26. The number of aryl methyl sites for hydroxylation is 1. The standard InChI is InChI=1S/C22H30O3/c1-12(2)15(23)7-8-21(4)14-6-9-22(5)19(14)20(21)18-16(24)10-13(3)11-17(18)25-22/h10-11,14-15,19-20,23-24H,1,6-9H2,2-5H3/t14-,15-,19+,20+,21+,22+/m0/s1. The van der Waals surface area contributed by atoms with Crippen molar-refractivity contribution in [1.29, 1.82) is 0 Å². The highest BCUT2D eigenvalue weighted by Gasteiger charge is 2.70. The molecule has 6 atom stereocenters. The van der Waals surface area contributed by atoms with Crippen LogP contribution in [0.5, 0.6) is 11.5 Å². The third kappa shape index (κ3) is 2.21. The quantitative estimate of drug-likeness (QED) is 0.780.